The molecule has 0 saturated carbocycles. The van der Waals surface area contributed by atoms with Crippen molar-refractivity contribution in [3.05, 3.63) is 42.4 Å². The quantitative estimate of drug-likeness (QED) is 0.568. The van der Waals surface area contributed by atoms with Crippen LogP contribution in [-0.2, 0) is 6.18 Å². The number of halogens is 3. The Hall–Kier alpha value is -2.76. The molecule has 0 radical (unpaired) electrons. The second kappa shape index (κ2) is 7.98. The third-order valence-corrected chi connectivity index (χ3v) is 6.32. The summed E-state index contributed by atoms with van der Waals surface area (Å²) in [6.45, 7) is 6.79. The summed E-state index contributed by atoms with van der Waals surface area (Å²) in [6.07, 6.45) is -0.176. The fraction of sp³-hybridized carbons (Fsp3) is 0.476. The summed E-state index contributed by atoms with van der Waals surface area (Å²) in [7, 11) is 0. The van der Waals surface area contributed by atoms with E-state index in [1.54, 1.807) is 18.5 Å². The molecule has 0 amide bonds. The molecule has 0 aromatic carbocycles. The van der Waals surface area contributed by atoms with Gasteiger partial charge in [-0.05, 0) is 32.0 Å². The van der Waals surface area contributed by atoms with E-state index in [1.807, 2.05) is 0 Å². The third-order valence-electron chi connectivity index (χ3n) is 6.32. The number of alkyl halides is 3. The van der Waals surface area contributed by atoms with Gasteiger partial charge in [-0.3, -0.25) is 15.3 Å². The number of hydrogen-bond donors (Lipinski definition) is 3. The maximum atomic E-state index is 13.2. The zero-order valence-corrected chi connectivity index (χ0v) is 17.8. The lowest BCUT2D eigenvalue weighted by Gasteiger charge is -2.45. The highest BCUT2D eigenvalue weighted by atomic mass is 19.4. The molecule has 2 aliphatic rings. The highest BCUT2D eigenvalue weighted by molar-refractivity contribution is 5.61. The number of hydrogen-bond acceptors (Lipinski definition) is 7. The molecule has 3 aromatic heterocycles. The molecule has 32 heavy (non-hydrogen) atoms. The Labute approximate surface area is 183 Å². The number of anilines is 1. The van der Waals surface area contributed by atoms with E-state index in [9.17, 15) is 13.2 Å². The SMILES string of the molecule is C[C@@H]1CN(c2nccc(-c3cnc4ccc(C(F)(F)F)cn34)n2)[C@H](C)C(C2CNNC2)N1. The fourth-order valence-electron chi connectivity index (χ4n) is 4.67. The molecule has 2 fully saturated rings. The fourth-order valence-corrected chi connectivity index (χ4v) is 4.67. The van der Waals surface area contributed by atoms with Crippen molar-refractivity contribution in [2.75, 3.05) is 24.5 Å². The Morgan fingerprint density at radius 1 is 1.06 bits per heavy atom. The summed E-state index contributed by atoms with van der Waals surface area (Å²) in [4.78, 5) is 15.7. The number of rotatable bonds is 3. The Kier molecular flexibility index (Phi) is 5.26. The Morgan fingerprint density at radius 2 is 1.84 bits per heavy atom. The van der Waals surface area contributed by atoms with Crippen LogP contribution in [0.15, 0.2) is 36.8 Å². The van der Waals surface area contributed by atoms with Gasteiger partial charge in [-0.1, -0.05) is 0 Å². The molecule has 170 valence electrons. The van der Waals surface area contributed by atoms with Gasteiger partial charge in [0, 0.05) is 56.1 Å². The van der Waals surface area contributed by atoms with Crippen LogP contribution in [0.25, 0.3) is 17.0 Å². The average Bonchev–Trinajstić information content (AvgIpc) is 3.44. The van der Waals surface area contributed by atoms with Crippen molar-refractivity contribution in [2.45, 2.75) is 38.1 Å². The van der Waals surface area contributed by atoms with Crippen molar-refractivity contribution in [1.82, 2.24) is 35.5 Å². The second-order valence-corrected chi connectivity index (χ2v) is 8.54. The molecule has 0 spiro atoms. The van der Waals surface area contributed by atoms with Crippen molar-refractivity contribution in [1.29, 1.82) is 0 Å². The van der Waals surface area contributed by atoms with Crippen LogP contribution in [-0.4, -0.2) is 57.1 Å². The third kappa shape index (κ3) is 3.80. The van der Waals surface area contributed by atoms with Crippen molar-refractivity contribution in [2.24, 2.45) is 5.92 Å². The molecule has 5 heterocycles. The van der Waals surface area contributed by atoms with E-state index in [0.717, 1.165) is 31.9 Å². The number of nitrogens with one attached hydrogen (secondary N) is 3. The van der Waals surface area contributed by atoms with E-state index in [0.29, 0.717) is 28.9 Å². The van der Waals surface area contributed by atoms with E-state index in [1.165, 1.54) is 10.5 Å². The number of piperazine rings is 1. The van der Waals surface area contributed by atoms with E-state index < -0.39 is 11.7 Å². The van der Waals surface area contributed by atoms with Crippen LogP contribution in [0.4, 0.5) is 19.1 Å². The normalized spacial score (nSPS) is 25.0. The first-order valence-corrected chi connectivity index (χ1v) is 10.7. The van der Waals surface area contributed by atoms with E-state index >= 15 is 0 Å². The van der Waals surface area contributed by atoms with Crippen LogP contribution in [0.1, 0.15) is 19.4 Å². The van der Waals surface area contributed by atoms with E-state index in [2.05, 4.69) is 44.9 Å². The highest BCUT2D eigenvalue weighted by Gasteiger charge is 2.38. The molecule has 5 rings (SSSR count). The summed E-state index contributed by atoms with van der Waals surface area (Å²) < 4.78 is 41.1. The monoisotopic (exact) mass is 446 g/mol. The maximum absolute atomic E-state index is 13.2. The average molecular weight is 446 g/mol. The van der Waals surface area contributed by atoms with Crippen molar-refractivity contribution in [3.63, 3.8) is 0 Å². The van der Waals surface area contributed by atoms with Gasteiger partial charge in [0.2, 0.25) is 5.95 Å². The van der Waals surface area contributed by atoms with Crippen molar-refractivity contribution >= 4 is 11.6 Å². The number of hydrazine groups is 1. The zero-order chi connectivity index (χ0) is 22.5. The molecule has 3 aromatic rings. The molecule has 0 aliphatic carbocycles. The first-order chi connectivity index (χ1) is 15.3. The minimum atomic E-state index is -4.43. The topological polar surface area (TPSA) is 82.4 Å². The van der Waals surface area contributed by atoms with Gasteiger partial charge >= 0.3 is 6.18 Å². The molecule has 1 unspecified atom stereocenters. The van der Waals surface area contributed by atoms with Gasteiger partial charge in [-0.25, -0.2) is 15.0 Å². The summed E-state index contributed by atoms with van der Waals surface area (Å²) in [5.41, 5.74) is 7.10. The number of nitrogens with zero attached hydrogens (tertiary/aromatic N) is 5. The van der Waals surface area contributed by atoms with Crippen LogP contribution in [0.2, 0.25) is 0 Å². The predicted molar refractivity (Wildman–Crippen MR) is 114 cm³/mol. The van der Waals surface area contributed by atoms with Gasteiger partial charge in [0.1, 0.15) is 5.65 Å². The first kappa shape index (κ1) is 21.1. The number of fused-ring (bicyclic) bond motifs is 1. The molecule has 11 heteroatoms. The predicted octanol–water partition coefficient (Wildman–Crippen LogP) is 2.09. The highest BCUT2D eigenvalue weighted by Crippen LogP contribution is 2.31. The van der Waals surface area contributed by atoms with Gasteiger partial charge in [-0.2, -0.15) is 13.2 Å². The van der Waals surface area contributed by atoms with Gasteiger partial charge in [0.15, 0.2) is 0 Å². The zero-order valence-electron chi connectivity index (χ0n) is 17.8. The van der Waals surface area contributed by atoms with Crippen LogP contribution in [0.5, 0.6) is 0 Å². The van der Waals surface area contributed by atoms with Crippen LogP contribution < -0.4 is 21.1 Å². The van der Waals surface area contributed by atoms with E-state index in [4.69, 9.17) is 4.98 Å². The smallest absolute Gasteiger partial charge is 0.335 e. The summed E-state index contributed by atoms with van der Waals surface area (Å²) in [5.74, 6) is 0.993. The molecule has 3 N–H and O–H groups in total. The summed E-state index contributed by atoms with van der Waals surface area (Å²) in [6, 6.07) is 4.74. The molecule has 0 bridgehead atoms. The standard InChI is InChI=1S/C21H25F3N8/c1-12-10-31(13(2)19(29-12)14-7-27-28-8-14)20-25-6-5-16(30-20)17-9-26-18-4-3-15(11-32(17)18)21(22,23)24/h3-6,9,11-14,19,27-29H,7-8,10H2,1-2H3/t12-,13-,19?/m1/s1. The lowest BCUT2D eigenvalue weighted by Crippen LogP contribution is -2.64. The first-order valence-electron chi connectivity index (χ1n) is 10.7. The van der Waals surface area contributed by atoms with Crippen LogP contribution >= 0.6 is 0 Å². The lowest BCUT2D eigenvalue weighted by molar-refractivity contribution is -0.137. The Bertz CT molecular complexity index is 1110. The van der Waals surface area contributed by atoms with E-state index in [-0.39, 0.29) is 18.1 Å². The summed E-state index contributed by atoms with van der Waals surface area (Å²) >= 11 is 0. The molecule has 2 aliphatic heterocycles. The second-order valence-electron chi connectivity index (χ2n) is 8.54. The number of imidazole rings is 1. The Balaban J connectivity index is 1.49. The number of pyridine rings is 1. The molecular formula is C21H25F3N8. The van der Waals surface area contributed by atoms with Crippen LogP contribution in [0, 0.1) is 5.92 Å². The molecule has 3 atom stereocenters. The van der Waals surface area contributed by atoms with Crippen molar-refractivity contribution < 1.29 is 13.2 Å². The van der Waals surface area contributed by atoms with Crippen LogP contribution in [0.3, 0.4) is 0 Å². The van der Waals surface area contributed by atoms with Gasteiger partial charge in [-0.15, -0.1) is 0 Å². The van der Waals surface area contributed by atoms with Gasteiger partial charge in [0.25, 0.3) is 0 Å². The number of aromatic nitrogens is 4. The minimum absolute atomic E-state index is 0.146. The Morgan fingerprint density at radius 3 is 2.59 bits per heavy atom. The lowest BCUT2D eigenvalue weighted by atomic mass is 9.90. The van der Waals surface area contributed by atoms with Gasteiger partial charge < -0.3 is 10.2 Å². The van der Waals surface area contributed by atoms with Gasteiger partial charge in [0.05, 0.1) is 23.1 Å². The molecule has 8 nitrogen and oxygen atoms in total. The molecular weight excluding hydrogens is 421 g/mol. The molecule has 2 saturated heterocycles. The maximum Gasteiger partial charge on any atom is 0.417 e. The summed E-state index contributed by atoms with van der Waals surface area (Å²) in [5, 5.41) is 3.70. The van der Waals surface area contributed by atoms with Crippen molar-refractivity contribution in [3.8, 4) is 11.4 Å². The largest absolute Gasteiger partial charge is 0.417 e. The minimum Gasteiger partial charge on any atom is -0.335 e.